The fourth-order valence-corrected chi connectivity index (χ4v) is 0.959. The van der Waals surface area contributed by atoms with Crippen molar-refractivity contribution < 1.29 is 9.59 Å². The summed E-state index contributed by atoms with van der Waals surface area (Å²) in [4.78, 5) is 21.5. The van der Waals surface area contributed by atoms with E-state index >= 15 is 0 Å². The molecule has 5 heteroatoms. The molecule has 1 aliphatic rings. The minimum atomic E-state index is -0.557. The van der Waals surface area contributed by atoms with Gasteiger partial charge in [0.15, 0.2) is 0 Å². The number of amides is 1. The van der Waals surface area contributed by atoms with E-state index in [1.54, 1.807) is 6.07 Å². The molecule has 1 aromatic rings. The zero-order chi connectivity index (χ0) is 7.84. The van der Waals surface area contributed by atoms with Crippen molar-refractivity contribution in [2.75, 3.05) is 5.32 Å². The van der Waals surface area contributed by atoms with Crippen LogP contribution >= 0.6 is 0 Å². The Morgan fingerprint density at radius 1 is 1.55 bits per heavy atom. The second-order valence-corrected chi connectivity index (χ2v) is 2.25. The van der Waals surface area contributed by atoms with Gasteiger partial charge in [0.25, 0.3) is 5.91 Å². The molecule has 0 aromatic carbocycles. The molecule has 0 fully saturated rings. The molecule has 0 saturated heterocycles. The molecule has 0 saturated carbocycles. The van der Waals surface area contributed by atoms with Gasteiger partial charge >= 0.3 is 0 Å². The number of hydrogen-bond donors (Lipinski definition) is 1. The Bertz CT molecular complexity index is 298. The summed E-state index contributed by atoms with van der Waals surface area (Å²) in [5, 5.41) is 6.22. The van der Waals surface area contributed by atoms with Crippen molar-refractivity contribution in [2.45, 2.75) is 6.54 Å². The maximum absolute atomic E-state index is 10.8. The van der Waals surface area contributed by atoms with Crippen LogP contribution in [0.1, 0.15) is 0 Å². The number of fused-ring (bicyclic) bond motifs is 1. The lowest BCUT2D eigenvalue weighted by atomic mass is 10.3. The van der Waals surface area contributed by atoms with Gasteiger partial charge in [0.1, 0.15) is 12.4 Å². The Morgan fingerprint density at radius 3 is 3.18 bits per heavy atom. The largest absolute Gasteiger partial charge is 0.304 e. The predicted molar refractivity (Wildman–Crippen MR) is 35.9 cm³/mol. The molecule has 0 unspecified atom stereocenters. The lowest BCUT2D eigenvalue weighted by molar-refractivity contribution is -0.135. The molecule has 1 N–H and O–H groups in total. The van der Waals surface area contributed by atoms with Gasteiger partial charge in [0.2, 0.25) is 5.78 Å². The number of carbonyl (C=O) groups excluding carboxylic acids is 2. The third-order valence-electron chi connectivity index (χ3n) is 1.50. The summed E-state index contributed by atoms with van der Waals surface area (Å²) in [5.74, 6) is -0.436. The van der Waals surface area contributed by atoms with Crippen molar-refractivity contribution in [3.63, 3.8) is 0 Å². The fraction of sp³-hybridized carbons (Fsp3) is 0.167. The van der Waals surface area contributed by atoms with Gasteiger partial charge in [0.05, 0.1) is 6.20 Å². The zero-order valence-corrected chi connectivity index (χ0v) is 5.57. The van der Waals surface area contributed by atoms with Crippen LogP contribution in [0.5, 0.6) is 0 Å². The highest BCUT2D eigenvalue weighted by Gasteiger charge is 2.22. The van der Waals surface area contributed by atoms with Gasteiger partial charge in [0, 0.05) is 6.07 Å². The number of ketones is 1. The summed E-state index contributed by atoms with van der Waals surface area (Å²) >= 11 is 0. The SMILES string of the molecule is O=C1Cn2nccc2NC1=O. The maximum atomic E-state index is 10.8. The minimum absolute atomic E-state index is 0.0498. The van der Waals surface area contributed by atoms with E-state index in [9.17, 15) is 9.59 Å². The van der Waals surface area contributed by atoms with Crippen molar-refractivity contribution in [1.29, 1.82) is 0 Å². The molecule has 1 amide bonds. The topological polar surface area (TPSA) is 64.0 Å². The van der Waals surface area contributed by atoms with E-state index < -0.39 is 11.7 Å². The number of hydrogen-bond acceptors (Lipinski definition) is 3. The highest BCUT2D eigenvalue weighted by atomic mass is 16.2. The van der Waals surface area contributed by atoms with Crippen LogP contribution in [0.4, 0.5) is 5.82 Å². The minimum Gasteiger partial charge on any atom is -0.304 e. The first-order chi connectivity index (χ1) is 5.27. The Kier molecular flexibility index (Phi) is 1.06. The van der Waals surface area contributed by atoms with Gasteiger partial charge in [-0.15, -0.1) is 0 Å². The van der Waals surface area contributed by atoms with Crippen LogP contribution in [-0.4, -0.2) is 21.5 Å². The summed E-state index contributed by atoms with van der Waals surface area (Å²) in [7, 11) is 0. The third-order valence-corrected chi connectivity index (χ3v) is 1.50. The van der Waals surface area contributed by atoms with Crippen LogP contribution in [0.15, 0.2) is 12.3 Å². The standard InChI is InChI=1S/C6H5N3O2/c10-4-3-9-5(1-2-7-9)8-6(4)11/h1-2H,3H2,(H,8,11). The monoisotopic (exact) mass is 151 g/mol. The van der Waals surface area contributed by atoms with E-state index in [2.05, 4.69) is 10.4 Å². The van der Waals surface area contributed by atoms with E-state index in [1.807, 2.05) is 0 Å². The molecule has 0 atom stereocenters. The summed E-state index contributed by atoms with van der Waals surface area (Å²) in [5.41, 5.74) is 0. The van der Waals surface area contributed by atoms with Crippen molar-refractivity contribution in [3.8, 4) is 0 Å². The van der Waals surface area contributed by atoms with E-state index in [1.165, 1.54) is 10.9 Å². The highest BCUT2D eigenvalue weighted by Crippen LogP contribution is 2.09. The first kappa shape index (κ1) is 6.09. The number of Topliss-reactive ketones (excluding diaryl/α,β-unsaturated/α-hetero) is 1. The fourth-order valence-electron chi connectivity index (χ4n) is 0.959. The molecule has 2 rings (SSSR count). The average Bonchev–Trinajstić information content (AvgIpc) is 2.36. The summed E-state index contributed by atoms with van der Waals surface area (Å²) in [6.45, 7) is 0.0498. The molecule has 0 bridgehead atoms. The molecule has 0 aliphatic carbocycles. The molecule has 2 heterocycles. The second-order valence-electron chi connectivity index (χ2n) is 2.25. The van der Waals surface area contributed by atoms with Gasteiger partial charge in [-0.25, -0.2) is 4.68 Å². The Balaban J connectivity index is 2.45. The average molecular weight is 151 g/mol. The number of aromatic nitrogens is 2. The number of nitrogens with one attached hydrogen (secondary N) is 1. The second kappa shape index (κ2) is 1.91. The number of anilines is 1. The van der Waals surface area contributed by atoms with Crippen LogP contribution in [0, 0.1) is 0 Å². The molecule has 5 nitrogen and oxygen atoms in total. The molecular weight excluding hydrogens is 146 g/mol. The van der Waals surface area contributed by atoms with E-state index in [0.717, 1.165) is 0 Å². The molecule has 56 valence electrons. The molecule has 0 spiro atoms. The van der Waals surface area contributed by atoms with Crippen molar-refractivity contribution in [2.24, 2.45) is 0 Å². The van der Waals surface area contributed by atoms with Crippen molar-refractivity contribution >= 4 is 17.5 Å². The number of carbonyl (C=O) groups is 2. The van der Waals surface area contributed by atoms with Gasteiger partial charge in [-0.1, -0.05) is 0 Å². The quantitative estimate of drug-likeness (QED) is 0.504. The Hall–Kier alpha value is -1.65. The lowest BCUT2D eigenvalue weighted by Gasteiger charge is -2.12. The molecule has 0 radical (unpaired) electrons. The molecule has 1 aliphatic heterocycles. The molecule has 11 heavy (non-hydrogen) atoms. The van der Waals surface area contributed by atoms with Gasteiger partial charge in [-0.2, -0.15) is 5.10 Å². The van der Waals surface area contributed by atoms with Gasteiger partial charge < -0.3 is 5.32 Å². The molecule has 1 aromatic heterocycles. The Labute approximate surface area is 62.0 Å². The maximum Gasteiger partial charge on any atom is 0.294 e. The lowest BCUT2D eigenvalue weighted by Crippen LogP contribution is -2.33. The Morgan fingerprint density at radius 2 is 2.36 bits per heavy atom. The van der Waals surface area contributed by atoms with Crippen LogP contribution in [-0.2, 0) is 16.1 Å². The third kappa shape index (κ3) is 0.813. The van der Waals surface area contributed by atoms with Crippen LogP contribution in [0.25, 0.3) is 0 Å². The van der Waals surface area contributed by atoms with Crippen LogP contribution < -0.4 is 5.32 Å². The predicted octanol–water partition coefficient (Wildman–Crippen LogP) is -0.596. The van der Waals surface area contributed by atoms with E-state index in [4.69, 9.17) is 0 Å². The summed E-state index contributed by atoms with van der Waals surface area (Å²) in [6, 6.07) is 1.64. The van der Waals surface area contributed by atoms with Crippen LogP contribution in [0.2, 0.25) is 0 Å². The van der Waals surface area contributed by atoms with Crippen LogP contribution in [0.3, 0.4) is 0 Å². The first-order valence-electron chi connectivity index (χ1n) is 3.13. The smallest absolute Gasteiger partial charge is 0.294 e. The van der Waals surface area contributed by atoms with Gasteiger partial charge in [-0.3, -0.25) is 9.59 Å². The first-order valence-corrected chi connectivity index (χ1v) is 3.13. The zero-order valence-electron chi connectivity index (χ0n) is 5.57. The number of nitrogens with zero attached hydrogens (tertiary/aromatic N) is 2. The summed E-state index contributed by atoms with van der Waals surface area (Å²) in [6.07, 6.45) is 1.54. The number of rotatable bonds is 0. The van der Waals surface area contributed by atoms with Crippen molar-refractivity contribution in [1.82, 2.24) is 9.78 Å². The van der Waals surface area contributed by atoms with E-state index in [0.29, 0.717) is 5.82 Å². The molecular formula is C6H5N3O2. The highest BCUT2D eigenvalue weighted by molar-refractivity contribution is 6.41. The normalized spacial score (nSPS) is 16.0. The summed E-state index contributed by atoms with van der Waals surface area (Å²) < 4.78 is 1.45. The van der Waals surface area contributed by atoms with E-state index in [-0.39, 0.29) is 6.54 Å². The van der Waals surface area contributed by atoms with Gasteiger partial charge in [-0.05, 0) is 0 Å². The van der Waals surface area contributed by atoms with Crippen molar-refractivity contribution in [3.05, 3.63) is 12.3 Å².